The molecule has 1 aromatic carbocycles. The minimum Gasteiger partial charge on any atom is -0.372 e. The number of aldehydes is 1. The van der Waals surface area contributed by atoms with Gasteiger partial charge in [-0.2, -0.15) is 0 Å². The van der Waals surface area contributed by atoms with Gasteiger partial charge in [-0.3, -0.25) is 4.79 Å². The standard InChI is InChI=1S/C17H26N2O3/c1-13(16(18)9-10-17(19)21)22-12-15-7-5-14(6-8-15)4-2-3-11-20/h5-8,11,13,16H,2-4,9-10,12,18H2,1H3,(H2,19,21)/t13-,16+/m1/s1. The molecule has 0 aromatic heterocycles. The minimum absolute atomic E-state index is 0.133. The van der Waals surface area contributed by atoms with Gasteiger partial charge in [0.25, 0.3) is 0 Å². The number of primary amides is 1. The summed E-state index contributed by atoms with van der Waals surface area (Å²) in [6.07, 6.45) is 4.03. The van der Waals surface area contributed by atoms with Crippen LogP contribution in [0.2, 0.25) is 0 Å². The van der Waals surface area contributed by atoms with Gasteiger partial charge in [0.05, 0.1) is 12.7 Å². The fourth-order valence-electron chi connectivity index (χ4n) is 2.09. The first-order chi connectivity index (χ1) is 10.5. The normalized spacial score (nSPS) is 13.5. The molecule has 0 unspecified atom stereocenters. The maximum absolute atomic E-state index is 10.7. The monoisotopic (exact) mass is 306 g/mol. The summed E-state index contributed by atoms with van der Waals surface area (Å²) in [5.41, 5.74) is 13.4. The summed E-state index contributed by atoms with van der Waals surface area (Å²) in [6.45, 7) is 2.39. The molecule has 0 heterocycles. The molecule has 22 heavy (non-hydrogen) atoms. The molecule has 1 aromatic rings. The smallest absolute Gasteiger partial charge is 0.217 e. The predicted molar refractivity (Wildman–Crippen MR) is 86.1 cm³/mol. The van der Waals surface area contributed by atoms with Crippen LogP contribution in [0.3, 0.4) is 0 Å². The average Bonchev–Trinajstić information content (AvgIpc) is 2.51. The zero-order valence-electron chi connectivity index (χ0n) is 13.2. The molecule has 0 aliphatic carbocycles. The highest BCUT2D eigenvalue weighted by Crippen LogP contribution is 2.11. The van der Waals surface area contributed by atoms with Gasteiger partial charge < -0.3 is 21.0 Å². The number of nitrogens with two attached hydrogens (primary N) is 2. The van der Waals surface area contributed by atoms with Crippen LogP contribution in [0.15, 0.2) is 24.3 Å². The van der Waals surface area contributed by atoms with E-state index in [9.17, 15) is 9.59 Å². The highest BCUT2D eigenvalue weighted by atomic mass is 16.5. The molecule has 0 radical (unpaired) electrons. The summed E-state index contributed by atoms with van der Waals surface area (Å²) in [7, 11) is 0. The number of ether oxygens (including phenoxy) is 1. The molecule has 0 aliphatic heterocycles. The summed E-state index contributed by atoms with van der Waals surface area (Å²) < 4.78 is 5.74. The maximum Gasteiger partial charge on any atom is 0.217 e. The fraction of sp³-hybridized carbons (Fsp3) is 0.529. The second-order valence-electron chi connectivity index (χ2n) is 5.56. The van der Waals surface area contributed by atoms with Crippen molar-refractivity contribution in [1.29, 1.82) is 0 Å². The Morgan fingerprint density at radius 1 is 1.27 bits per heavy atom. The van der Waals surface area contributed by atoms with E-state index in [0.717, 1.165) is 24.7 Å². The van der Waals surface area contributed by atoms with Gasteiger partial charge in [-0.1, -0.05) is 24.3 Å². The number of benzene rings is 1. The third kappa shape index (κ3) is 7.33. The van der Waals surface area contributed by atoms with Gasteiger partial charge in [0.1, 0.15) is 6.29 Å². The molecule has 0 saturated carbocycles. The van der Waals surface area contributed by atoms with Crippen molar-refractivity contribution in [3.8, 4) is 0 Å². The number of hydrogen-bond donors (Lipinski definition) is 2. The van der Waals surface area contributed by atoms with Gasteiger partial charge in [-0.05, 0) is 37.3 Å². The molecule has 0 bridgehead atoms. The van der Waals surface area contributed by atoms with E-state index in [1.165, 1.54) is 5.56 Å². The van der Waals surface area contributed by atoms with E-state index < -0.39 is 0 Å². The first kappa shape index (κ1) is 18.3. The van der Waals surface area contributed by atoms with Gasteiger partial charge in [0.2, 0.25) is 5.91 Å². The molecule has 122 valence electrons. The molecule has 1 amide bonds. The van der Waals surface area contributed by atoms with Crippen molar-refractivity contribution in [2.24, 2.45) is 11.5 Å². The van der Waals surface area contributed by atoms with Crippen LogP contribution < -0.4 is 11.5 Å². The molecule has 0 fully saturated rings. The van der Waals surface area contributed by atoms with Crippen LogP contribution in [0.1, 0.15) is 43.7 Å². The quantitative estimate of drug-likeness (QED) is 0.480. The summed E-state index contributed by atoms with van der Waals surface area (Å²) in [5, 5.41) is 0. The van der Waals surface area contributed by atoms with Crippen molar-refractivity contribution in [3.05, 3.63) is 35.4 Å². The van der Waals surface area contributed by atoms with Crippen LogP contribution in [-0.4, -0.2) is 24.3 Å². The first-order valence-electron chi connectivity index (χ1n) is 7.70. The van der Waals surface area contributed by atoms with Crippen molar-refractivity contribution in [2.75, 3.05) is 0 Å². The maximum atomic E-state index is 10.7. The summed E-state index contributed by atoms with van der Waals surface area (Å²) >= 11 is 0. The highest BCUT2D eigenvalue weighted by molar-refractivity contribution is 5.73. The van der Waals surface area contributed by atoms with Crippen LogP contribution >= 0.6 is 0 Å². The second kappa shape index (κ2) is 10.1. The lowest BCUT2D eigenvalue weighted by Gasteiger charge is -2.20. The number of aryl methyl sites for hydroxylation is 1. The number of carbonyl (C=O) groups excluding carboxylic acids is 2. The molecular formula is C17H26N2O3. The van der Waals surface area contributed by atoms with E-state index in [4.69, 9.17) is 16.2 Å². The highest BCUT2D eigenvalue weighted by Gasteiger charge is 2.14. The SMILES string of the molecule is C[C@@H](OCc1ccc(CCCC=O)cc1)[C@@H](N)CCC(N)=O. The molecule has 5 nitrogen and oxygen atoms in total. The number of rotatable bonds is 11. The number of hydrogen-bond acceptors (Lipinski definition) is 4. The van der Waals surface area contributed by atoms with Crippen molar-refractivity contribution >= 4 is 12.2 Å². The average molecular weight is 306 g/mol. The Balaban J connectivity index is 2.34. The summed E-state index contributed by atoms with van der Waals surface area (Å²) in [5.74, 6) is -0.340. The third-order valence-electron chi connectivity index (χ3n) is 3.65. The Hall–Kier alpha value is -1.72. The van der Waals surface area contributed by atoms with Crippen molar-refractivity contribution < 1.29 is 14.3 Å². The topological polar surface area (TPSA) is 95.4 Å². The van der Waals surface area contributed by atoms with Crippen molar-refractivity contribution in [1.82, 2.24) is 0 Å². The Morgan fingerprint density at radius 3 is 2.50 bits per heavy atom. The number of unbranched alkanes of at least 4 members (excludes halogenated alkanes) is 1. The van der Waals surface area contributed by atoms with Gasteiger partial charge in [0.15, 0.2) is 0 Å². The lowest BCUT2D eigenvalue weighted by molar-refractivity contribution is -0.118. The van der Waals surface area contributed by atoms with Crippen molar-refractivity contribution in [3.63, 3.8) is 0 Å². The third-order valence-corrected chi connectivity index (χ3v) is 3.65. The fourth-order valence-corrected chi connectivity index (χ4v) is 2.09. The molecule has 0 spiro atoms. The van der Waals surface area contributed by atoms with E-state index in [0.29, 0.717) is 19.4 Å². The van der Waals surface area contributed by atoms with Gasteiger partial charge in [0, 0.05) is 18.9 Å². The van der Waals surface area contributed by atoms with Crippen LogP contribution in [0, 0.1) is 0 Å². The molecule has 5 heteroatoms. The van der Waals surface area contributed by atoms with E-state index in [1.807, 2.05) is 19.1 Å². The van der Waals surface area contributed by atoms with Crippen LogP contribution in [0.25, 0.3) is 0 Å². The molecule has 0 aliphatic rings. The number of amides is 1. The molecule has 1 rings (SSSR count). The Morgan fingerprint density at radius 2 is 1.91 bits per heavy atom. The zero-order chi connectivity index (χ0) is 16.4. The van der Waals surface area contributed by atoms with Crippen LogP contribution in [-0.2, 0) is 27.4 Å². The zero-order valence-corrected chi connectivity index (χ0v) is 13.2. The van der Waals surface area contributed by atoms with Crippen LogP contribution in [0.5, 0.6) is 0 Å². The molecular weight excluding hydrogens is 280 g/mol. The van der Waals surface area contributed by atoms with Gasteiger partial charge >= 0.3 is 0 Å². The lowest BCUT2D eigenvalue weighted by atomic mass is 10.1. The molecule has 2 atom stereocenters. The van der Waals surface area contributed by atoms with E-state index >= 15 is 0 Å². The Labute approximate surface area is 132 Å². The Bertz CT molecular complexity index is 459. The van der Waals surface area contributed by atoms with E-state index in [-0.39, 0.29) is 24.5 Å². The second-order valence-corrected chi connectivity index (χ2v) is 5.56. The molecule has 0 saturated heterocycles. The number of carbonyl (C=O) groups is 2. The van der Waals surface area contributed by atoms with Gasteiger partial charge in [-0.25, -0.2) is 0 Å². The summed E-state index contributed by atoms with van der Waals surface area (Å²) in [4.78, 5) is 21.0. The van der Waals surface area contributed by atoms with E-state index in [2.05, 4.69) is 12.1 Å². The first-order valence-corrected chi connectivity index (χ1v) is 7.70. The largest absolute Gasteiger partial charge is 0.372 e. The summed E-state index contributed by atoms with van der Waals surface area (Å²) in [6, 6.07) is 7.97. The predicted octanol–water partition coefficient (Wildman–Crippen LogP) is 1.71. The molecule has 4 N–H and O–H groups in total. The van der Waals surface area contributed by atoms with Crippen molar-refractivity contribution in [2.45, 2.75) is 57.8 Å². The van der Waals surface area contributed by atoms with Gasteiger partial charge in [-0.15, -0.1) is 0 Å². The minimum atomic E-state index is -0.340. The lowest BCUT2D eigenvalue weighted by Crippen LogP contribution is -2.35. The van der Waals surface area contributed by atoms with E-state index in [1.54, 1.807) is 0 Å². The van der Waals surface area contributed by atoms with Crippen LogP contribution in [0.4, 0.5) is 0 Å². The Kier molecular flexibility index (Phi) is 8.40.